The standard InChI is InChI=1S/C18H23N3O4/c1-18(2,3)25-16(22)20-9-10-21(15(11-19)12-20)17(23)24-13-14-7-5-4-6-8-14/h4-8,15H,9-10,12-13H2,1-3H3. The van der Waals surface area contributed by atoms with E-state index in [4.69, 9.17) is 9.47 Å². The summed E-state index contributed by atoms with van der Waals surface area (Å²) in [5.41, 5.74) is 0.266. The van der Waals surface area contributed by atoms with Crippen LogP contribution in [-0.4, -0.2) is 53.3 Å². The van der Waals surface area contributed by atoms with E-state index in [1.54, 1.807) is 20.8 Å². The maximum atomic E-state index is 12.3. The molecule has 1 saturated heterocycles. The van der Waals surface area contributed by atoms with E-state index >= 15 is 0 Å². The third-order valence-electron chi connectivity index (χ3n) is 3.62. The minimum absolute atomic E-state index is 0.103. The lowest BCUT2D eigenvalue weighted by Gasteiger charge is -2.37. The number of rotatable bonds is 2. The number of benzene rings is 1. The van der Waals surface area contributed by atoms with E-state index in [2.05, 4.69) is 6.07 Å². The number of amides is 2. The van der Waals surface area contributed by atoms with E-state index in [0.29, 0.717) is 6.54 Å². The molecule has 1 aliphatic rings. The summed E-state index contributed by atoms with van der Waals surface area (Å²) < 4.78 is 10.6. The largest absolute Gasteiger partial charge is 0.445 e. The van der Waals surface area contributed by atoms with Crippen LogP contribution < -0.4 is 0 Å². The highest BCUT2D eigenvalue weighted by Gasteiger charge is 2.35. The third kappa shape index (κ3) is 5.38. The fourth-order valence-corrected chi connectivity index (χ4v) is 2.41. The Morgan fingerprint density at radius 3 is 2.48 bits per heavy atom. The average Bonchev–Trinajstić information content (AvgIpc) is 2.58. The maximum Gasteiger partial charge on any atom is 0.411 e. The van der Waals surface area contributed by atoms with Crippen LogP contribution in [0.15, 0.2) is 30.3 Å². The van der Waals surface area contributed by atoms with Crippen molar-refractivity contribution in [1.29, 1.82) is 5.26 Å². The smallest absolute Gasteiger partial charge is 0.411 e. The van der Waals surface area contributed by atoms with Crippen molar-refractivity contribution in [3.8, 4) is 6.07 Å². The molecular formula is C18H23N3O4. The van der Waals surface area contributed by atoms with Gasteiger partial charge in [-0.25, -0.2) is 9.59 Å². The van der Waals surface area contributed by atoms with Crippen molar-refractivity contribution >= 4 is 12.2 Å². The summed E-state index contributed by atoms with van der Waals surface area (Å²) in [6, 6.07) is 10.6. The van der Waals surface area contributed by atoms with Gasteiger partial charge in [0.15, 0.2) is 0 Å². The van der Waals surface area contributed by atoms with Crippen molar-refractivity contribution in [2.45, 2.75) is 39.0 Å². The van der Waals surface area contributed by atoms with Crippen LogP contribution in [-0.2, 0) is 16.1 Å². The van der Waals surface area contributed by atoms with Crippen LogP contribution in [0.2, 0.25) is 0 Å². The Morgan fingerprint density at radius 2 is 1.88 bits per heavy atom. The second kappa shape index (κ2) is 7.88. The number of hydrogen-bond acceptors (Lipinski definition) is 5. The highest BCUT2D eigenvalue weighted by molar-refractivity contribution is 5.71. The quantitative estimate of drug-likeness (QED) is 0.823. The van der Waals surface area contributed by atoms with Gasteiger partial charge in [-0.05, 0) is 26.3 Å². The van der Waals surface area contributed by atoms with Crippen LogP contribution in [0.1, 0.15) is 26.3 Å². The van der Waals surface area contributed by atoms with Crippen molar-refractivity contribution in [2.75, 3.05) is 19.6 Å². The van der Waals surface area contributed by atoms with Gasteiger partial charge in [0.25, 0.3) is 0 Å². The SMILES string of the molecule is CC(C)(C)OC(=O)N1CCN(C(=O)OCc2ccccc2)C(C#N)C1. The molecule has 0 aliphatic carbocycles. The first-order valence-corrected chi connectivity index (χ1v) is 8.15. The lowest BCUT2D eigenvalue weighted by Crippen LogP contribution is -2.56. The molecule has 0 radical (unpaired) electrons. The van der Waals surface area contributed by atoms with Gasteiger partial charge in [0.2, 0.25) is 0 Å². The molecule has 1 aliphatic heterocycles. The normalized spacial score (nSPS) is 17.6. The second-order valence-electron chi connectivity index (χ2n) is 6.80. The van der Waals surface area contributed by atoms with E-state index in [-0.39, 0.29) is 19.7 Å². The zero-order valence-electron chi connectivity index (χ0n) is 14.8. The number of nitrogens with zero attached hydrogens (tertiary/aromatic N) is 3. The fraction of sp³-hybridized carbons (Fsp3) is 0.500. The molecule has 1 atom stereocenters. The van der Waals surface area contributed by atoms with Crippen LogP contribution in [0.4, 0.5) is 9.59 Å². The molecule has 0 saturated carbocycles. The van der Waals surface area contributed by atoms with Gasteiger partial charge in [-0.2, -0.15) is 5.26 Å². The molecule has 0 aromatic heterocycles. The molecule has 25 heavy (non-hydrogen) atoms. The number of hydrogen-bond donors (Lipinski definition) is 0. The summed E-state index contributed by atoms with van der Waals surface area (Å²) in [5.74, 6) is 0. The molecule has 2 amide bonds. The van der Waals surface area contributed by atoms with Gasteiger partial charge in [-0.1, -0.05) is 30.3 Å². The molecular weight excluding hydrogens is 322 g/mol. The number of piperazine rings is 1. The molecule has 1 fully saturated rings. The lowest BCUT2D eigenvalue weighted by atomic mass is 10.2. The van der Waals surface area contributed by atoms with Crippen LogP contribution in [0.3, 0.4) is 0 Å². The average molecular weight is 345 g/mol. The van der Waals surface area contributed by atoms with Crippen LogP contribution in [0.25, 0.3) is 0 Å². The number of ether oxygens (including phenoxy) is 2. The van der Waals surface area contributed by atoms with Gasteiger partial charge < -0.3 is 14.4 Å². The zero-order chi connectivity index (χ0) is 18.4. The summed E-state index contributed by atoms with van der Waals surface area (Å²) in [6.07, 6.45) is -1.04. The highest BCUT2D eigenvalue weighted by atomic mass is 16.6. The van der Waals surface area contributed by atoms with Crippen molar-refractivity contribution in [3.05, 3.63) is 35.9 Å². The molecule has 134 valence electrons. The molecule has 7 nitrogen and oxygen atoms in total. The fourth-order valence-electron chi connectivity index (χ4n) is 2.41. The molecule has 7 heteroatoms. The molecule has 2 rings (SSSR count). The number of nitriles is 1. The molecule has 0 bridgehead atoms. The predicted molar refractivity (Wildman–Crippen MR) is 90.5 cm³/mol. The Labute approximate surface area is 147 Å². The first-order chi connectivity index (χ1) is 11.8. The molecule has 1 unspecified atom stereocenters. The Morgan fingerprint density at radius 1 is 1.20 bits per heavy atom. The van der Waals surface area contributed by atoms with Crippen molar-refractivity contribution in [3.63, 3.8) is 0 Å². The van der Waals surface area contributed by atoms with Gasteiger partial charge in [0, 0.05) is 13.1 Å². The second-order valence-corrected chi connectivity index (χ2v) is 6.80. The number of carbonyl (C=O) groups is 2. The van der Waals surface area contributed by atoms with Crippen molar-refractivity contribution in [2.24, 2.45) is 0 Å². The van der Waals surface area contributed by atoms with E-state index in [1.165, 1.54) is 9.80 Å². The van der Waals surface area contributed by atoms with Crippen molar-refractivity contribution in [1.82, 2.24) is 9.80 Å². The van der Waals surface area contributed by atoms with Gasteiger partial charge in [0.1, 0.15) is 18.2 Å². The predicted octanol–water partition coefficient (Wildman–Crippen LogP) is 2.77. The molecule has 1 aromatic rings. The van der Waals surface area contributed by atoms with Crippen LogP contribution in [0, 0.1) is 11.3 Å². The molecule has 1 aromatic carbocycles. The van der Waals surface area contributed by atoms with Crippen molar-refractivity contribution < 1.29 is 19.1 Å². The summed E-state index contributed by atoms with van der Waals surface area (Å²) in [4.78, 5) is 27.2. The summed E-state index contributed by atoms with van der Waals surface area (Å²) in [5, 5.41) is 9.35. The van der Waals surface area contributed by atoms with E-state index in [0.717, 1.165) is 5.56 Å². The Kier molecular flexibility index (Phi) is 5.86. The zero-order valence-corrected chi connectivity index (χ0v) is 14.8. The molecule has 0 spiro atoms. The summed E-state index contributed by atoms with van der Waals surface area (Å²) in [7, 11) is 0. The molecule has 0 N–H and O–H groups in total. The van der Waals surface area contributed by atoms with Gasteiger partial charge >= 0.3 is 12.2 Å². The number of carbonyl (C=O) groups excluding carboxylic acids is 2. The minimum atomic E-state index is -0.760. The Bertz CT molecular complexity index is 649. The topological polar surface area (TPSA) is 82.9 Å². The maximum absolute atomic E-state index is 12.3. The highest BCUT2D eigenvalue weighted by Crippen LogP contribution is 2.16. The summed E-state index contributed by atoms with van der Waals surface area (Å²) in [6.45, 7) is 6.12. The Balaban J connectivity index is 1.92. The van der Waals surface area contributed by atoms with E-state index < -0.39 is 23.8 Å². The van der Waals surface area contributed by atoms with E-state index in [1.807, 2.05) is 30.3 Å². The first kappa shape index (κ1) is 18.6. The van der Waals surface area contributed by atoms with Gasteiger partial charge in [-0.3, -0.25) is 4.90 Å². The molecule has 1 heterocycles. The van der Waals surface area contributed by atoms with Crippen LogP contribution in [0.5, 0.6) is 0 Å². The third-order valence-corrected chi connectivity index (χ3v) is 3.62. The lowest BCUT2D eigenvalue weighted by molar-refractivity contribution is 0.00692. The van der Waals surface area contributed by atoms with E-state index in [9.17, 15) is 14.9 Å². The first-order valence-electron chi connectivity index (χ1n) is 8.15. The van der Waals surface area contributed by atoms with Gasteiger partial charge in [0.05, 0.1) is 12.6 Å². The minimum Gasteiger partial charge on any atom is -0.445 e. The summed E-state index contributed by atoms with van der Waals surface area (Å²) >= 11 is 0. The monoisotopic (exact) mass is 345 g/mol. The Hall–Kier alpha value is -2.75. The van der Waals surface area contributed by atoms with Crippen LogP contribution >= 0.6 is 0 Å². The van der Waals surface area contributed by atoms with Gasteiger partial charge in [-0.15, -0.1) is 0 Å².